The largest absolute Gasteiger partial charge is 0.497 e. The van der Waals surface area contributed by atoms with Crippen LogP contribution in [0.2, 0.25) is 0 Å². The molecule has 0 saturated carbocycles. The molecule has 0 aliphatic carbocycles. The molecule has 0 spiro atoms. The van der Waals surface area contributed by atoms with Gasteiger partial charge in [0, 0.05) is 37.6 Å². The van der Waals surface area contributed by atoms with Crippen LogP contribution in [0.25, 0.3) is 39.5 Å². The molecule has 0 aliphatic heterocycles. The number of aromatic amines is 1. The molecule has 0 fully saturated rings. The van der Waals surface area contributed by atoms with Gasteiger partial charge >= 0.3 is 5.97 Å². The maximum atomic E-state index is 12.6. The molecular weight excluding hydrogens is 637 g/mol. The number of ether oxygens (including phenoxy) is 3. The van der Waals surface area contributed by atoms with Crippen LogP contribution >= 0.6 is 23.5 Å². The summed E-state index contributed by atoms with van der Waals surface area (Å²) in [5.74, 6) is 1.05. The summed E-state index contributed by atoms with van der Waals surface area (Å²) >= 11 is 2.87. The maximum absolute atomic E-state index is 12.6. The topological polar surface area (TPSA) is 132 Å². The summed E-state index contributed by atoms with van der Waals surface area (Å²) in [7, 11) is 7.04. The second-order valence-corrected chi connectivity index (χ2v) is 11.4. The fourth-order valence-corrected chi connectivity index (χ4v) is 5.11. The van der Waals surface area contributed by atoms with Gasteiger partial charge in [0.2, 0.25) is 0 Å². The second-order valence-electron chi connectivity index (χ2n) is 9.90. The summed E-state index contributed by atoms with van der Waals surface area (Å²) in [6.45, 7) is 2.05. The first-order chi connectivity index (χ1) is 22.7. The standard InChI is InChI=1S/C19H23N3O3S.C15H13N3O2S/c1-6-25-18(23)16-15(11-12-22(2)3)20-19(26-5)21-17(16)13-7-9-14(24-4)10-8-13;1-20-10-5-3-9(4-6-10)13-12-11(7-8-16-14(12)19)17-15(18-13)21-2/h7-12H,6H2,1-5H3;3-8H,1-2H3,(H,16,19)/b12-11+;. The van der Waals surface area contributed by atoms with Crippen LogP contribution in [0.15, 0.2) is 82.1 Å². The fourth-order valence-electron chi connectivity index (χ4n) is 4.37. The molecule has 0 radical (unpaired) electrons. The highest BCUT2D eigenvalue weighted by atomic mass is 32.2. The van der Waals surface area contributed by atoms with Crippen molar-refractivity contribution in [1.82, 2.24) is 29.8 Å². The van der Waals surface area contributed by atoms with Gasteiger partial charge in [0.05, 0.1) is 48.8 Å². The predicted molar refractivity (Wildman–Crippen MR) is 188 cm³/mol. The number of rotatable bonds is 10. The van der Waals surface area contributed by atoms with E-state index < -0.39 is 5.97 Å². The van der Waals surface area contributed by atoms with Crippen LogP contribution in [-0.2, 0) is 4.74 Å². The van der Waals surface area contributed by atoms with E-state index in [0.29, 0.717) is 43.9 Å². The fraction of sp³-hybridized carbons (Fsp3) is 0.235. The number of hydrogen-bond acceptors (Lipinski definition) is 12. The number of H-pyrrole nitrogens is 1. The summed E-state index contributed by atoms with van der Waals surface area (Å²) in [5, 5.41) is 1.72. The van der Waals surface area contributed by atoms with E-state index in [1.54, 1.807) is 39.5 Å². The molecule has 3 heterocycles. The minimum atomic E-state index is -0.440. The van der Waals surface area contributed by atoms with Crippen molar-refractivity contribution in [3.63, 3.8) is 0 Å². The van der Waals surface area contributed by atoms with Gasteiger partial charge in [0.15, 0.2) is 10.3 Å². The van der Waals surface area contributed by atoms with E-state index in [1.807, 2.05) is 86.2 Å². The van der Waals surface area contributed by atoms with Crippen LogP contribution in [0.4, 0.5) is 0 Å². The lowest BCUT2D eigenvalue weighted by Gasteiger charge is -2.13. The third-order valence-electron chi connectivity index (χ3n) is 6.62. The van der Waals surface area contributed by atoms with Crippen molar-refractivity contribution in [2.75, 3.05) is 47.4 Å². The molecule has 2 aromatic carbocycles. The minimum Gasteiger partial charge on any atom is -0.497 e. The minimum absolute atomic E-state index is 0.189. The molecule has 1 N–H and O–H groups in total. The Bertz CT molecular complexity index is 1910. The molecule has 5 rings (SSSR count). The summed E-state index contributed by atoms with van der Waals surface area (Å²) in [6, 6.07) is 16.7. The number of esters is 1. The number of fused-ring (bicyclic) bond motifs is 1. The average molecular weight is 673 g/mol. The highest BCUT2D eigenvalue weighted by Gasteiger charge is 2.22. The van der Waals surface area contributed by atoms with Gasteiger partial charge in [-0.15, -0.1) is 0 Å². The van der Waals surface area contributed by atoms with Gasteiger partial charge in [-0.05, 0) is 80.1 Å². The van der Waals surface area contributed by atoms with E-state index >= 15 is 0 Å². The van der Waals surface area contributed by atoms with Crippen molar-refractivity contribution in [3.05, 3.63) is 88.6 Å². The van der Waals surface area contributed by atoms with Crippen molar-refractivity contribution < 1.29 is 19.0 Å². The Hall–Kier alpha value is -4.88. The zero-order valence-electron chi connectivity index (χ0n) is 27.2. The van der Waals surface area contributed by atoms with Crippen LogP contribution in [-0.4, -0.2) is 83.2 Å². The number of pyridine rings is 1. The molecular formula is C34H36N6O5S2. The van der Waals surface area contributed by atoms with Gasteiger partial charge in [-0.3, -0.25) is 4.79 Å². The molecule has 13 heteroatoms. The van der Waals surface area contributed by atoms with E-state index in [1.165, 1.54) is 23.5 Å². The van der Waals surface area contributed by atoms with Crippen LogP contribution in [0.1, 0.15) is 23.0 Å². The third-order valence-corrected chi connectivity index (χ3v) is 7.71. The molecule has 244 valence electrons. The van der Waals surface area contributed by atoms with Crippen molar-refractivity contribution >= 4 is 46.5 Å². The Morgan fingerprint density at radius 3 is 1.91 bits per heavy atom. The van der Waals surface area contributed by atoms with Crippen molar-refractivity contribution in [2.45, 2.75) is 17.2 Å². The SMILES string of the molecule is CCOC(=O)c1c(/C=C/N(C)C)nc(SC)nc1-c1ccc(OC)cc1.COc1ccc(-c2nc(SC)nc3cc[nH]c(=O)c23)cc1. The number of thioether (sulfide) groups is 2. The number of nitrogens with zero attached hydrogens (tertiary/aromatic N) is 5. The van der Waals surface area contributed by atoms with E-state index in [0.717, 1.165) is 22.6 Å². The molecule has 3 aromatic heterocycles. The Morgan fingerprint density at radius 1 is 0.830 bits per heavy atom. The normalized spacial score (nSPS) is 10.8. The molecule has 0 unspecified atom stereocenters. The molecule has 0 saturated heterocycles. The first-order valence-electron chi connectivity index (χ1n) is 14.4. The maximum Gasteiger partial charge on any atom is 0.342 e. The summed E-state index contributed by atoms with van der Waals surface area (Å²) in [5.41, 5.74) is 4.17. The van der Waals surface area contributed by atoms with Crippen LogP contribution in [0.3, 0.4) is 0 Å². The van der Waals surface area contributed by atoms with Crippen molar-refractivity contribution in [1.29, 1.82) is 0 Å². The summed E-state index contributed by atoms with van der Waals surface area (Å²) < 4.78 is 15.6. The average Bonchev–Trinajstić information content (AvgIpc) is 3.10. The molecule has 0 atom stereocenters. The van der Waals surface area contributed by atoms with Gasteiger partial charge in [-0.2, -0.15) is 0 Å². The summed E-state index contributed by atoms with van der Waals surface area (Å²) in [6.07, 6.45) is 9.04. The Morgan fingerprint density at radius 2 is 1.38 bits per heavy atom. The van der Waals surface area contributed by atoms with E-state index in [9.17, 15) is 9.59 Å². The van der Waals surface area contributed by atoms with Gasteiger partial charge in [-0.1, -0.05) is 23.5 Å². The van der Waals surface area contributed by atoms with E-state index in [4.69, 9.17) is 14.2 Å². The Balaban J connectivity index is 0.000000217. The zero-order chi connectivity index (χ0) is 33.9. The quantitative estimate of drug-likeness (QED) is 0.101. The first-order valence-corrected chi connectivity index (χ1v) is 16.9. The van der Waals surface area contributed by atoms with E-state index in [-0.39, 0.29) is 12.2 Å². The monoisotopic (exact) mass is 672 g/mol. The number of carbonyl (C=O) groups excluding carboxylic acids is 1. The lowest BCUT2D eigenvalue weighted by Crippen LogP contribution is -2.13. The lowest BCUT2D eigenvalue weighted by molar-refractivity contribution is 0.0526. The molecule has 0 amide bonds. The number of carbonyl (C=O) groups is 1. The Kier molecular flexibility index (Phi) is 12.4. The number of methoxy groups -OCH3 is 2. The van der Waals surface area contributed by atoms with Gasteiger partial charge in [0.25, 0.3) is 5.56 Å². The van der Waals surface area contributed by atoms with Gasteiger partial charge in [-0.25, -0.2) is 24.7 Å². The van der Waals surface area contributed by atoms with Crippen LogP contribution in [0.5, 0.6) is 11.5 Å². The van der Waals surface area contributed by atoms with Gasteiger partial charge < -0.3 is 24.1 Å². The van der Waals surface area contributed by atoms with Crippen molar-refractivity contribution in [2.24, 2.45) is 0 Å². The van der Waals surface area contributed by atoms with E-state index in [2.05, 4.69) is 24.9 Å². The molecule has 47 heavy (non-hydrogen) atoms. The highest BCUT2D eigenvalue weighted by molar-refractivity contribution is 7.98. The number of hydrogen-bond donors (Lipinski definition) is 1. The van der Waals surface area contributed by atoms with Crippen LogP contribution in [0, 0.1) is 0 Å². The molecule has 0 bridgehead atoms. The number of aromatic nitrogens is 5. The summed E-state index contributed by atoms with van der Waals surface area (Å²) in [4.78, 5) is 47.3. The predicted octanol–water partition coefficient (Wildman–Crippen LogP) is 6.30. The highest BCUT2D eigenvalue weighted by Crippen LogP contribution is 2.30. The second kappa shape index (κ2) is 16.6. The molecule has 0 aliphatic rings. The number of nitrogens with one attached hydrogen (secondary N) is 1. The molecule has 11 nitrogen and oxygen atoms in total. The molecule has 5 aromatic rings. The zero-order valence-corrected chi connectivity index (χ0v) is 28.9. The lowest BCUT2D eigenvalue weighted by atomic mass is 10.0. The first kappa shape index (κ1) is 35.0. The number of benzene rings is 2. The third kappa shape index (κ3) is 8.69. The smallest absolute Gasteiger partial charge is 0.342 e. The van der Waals surface area contributed by atoms with Gasteiger partial charge in [0.1, 0.15) is 17.1 Å². The Labute approximate surface area is 281 Å². The van der Waals surface area contributed by atoms with Crippen LogP contribution < -0.4 is 15.0 Å². The van der Waals surface area contributed by atoms with Crippen molar-refractivity contribution in [3.8, 4) is 34.0 Å².